The van der Waals surface area contributed by atoms with Gasteiger partial charge in [-0.25, -0.2) is 0 Å². The van der Waals surface area contributed by atoms with Crippen LogP contribution >= 0.6 is 0 Å². The van der Waals surface area contributed by atoms with Crippen molar-refractivity contribution in [2.45, 2.75) is 12.3 Å². The average Bonchev–Trinajstić information content (AvgIpc) is 2.49. The van der Waals surface area contributed by atoms with Crippen molar-refractivity contribution in [3.05, 3.63) is 47.7 Å². The maximum Gasteiger partial charge on any atom is 0.197 e. The molecule has 0 heterocycles. The third-order valence-corrected chi connectivity index (χ3v) is 2.28. The number of ketones is 1. The molecule has 1 aromatic carbocycles. The molecule has 0 aromatic heterocycles. The number of allylic oxidation sites excluding steroid dienone is 2. The fraction of sp³-hybridized carbons (Fsp3) is 0.182. The number of benzene rings is 1. The number of hydrogen-bond acceptors (Lipinski definition) is 2. The van der Waals surface area contributed by atoms with Gasteiger partial charge in [0.25, 0.3) is 0 Å². The molecule has 2 heteroatoms. The number of aliphatic hydroxyl groups excluding tert-OH is 1. The monoisotopic (exact) mass is 174 g/mol. The van der Waals surface area contributed by atoms with E-state index in [-0.39, 0.29) is 17.5 Å². The summed E-state index contributed by atoms with van der Waals surface area (Å²) in [5, 5.41) is 9.14. The zero-order chi connectivity index (χ0) is 9.26. The average molecular weight is 174 g/mol. The lowest BCUT2D eigenvalue weighted by molar-refractivity contribution is -0.117. The summed E-state index contributed by atoms with van der Waals surface area (Å²) in [4.78, 5) is 11.0. The highest BCUT2D eigenvalue weighted by Gasteiger charge is 2.24. The first-order valence-corrected chi connectivity index (χ1v) is 4.26. The van der Waals surface area contributed by atoms with Crippen molar-refractivity contribution in [1.82, 2.24) is 0 Å². The van der Waals surface area contributed by atoms with Gasteiger partial charge in [-0.15, -0.1) is 0 Å². The normalized spacial score (nSPS) is 21.7. The van der Waals surface area contributed by atoms with Crippen molar-refractivity contribution in [1.29, 1.82) is 0 Å². The predicted octanol–water partition coefficient (Wildman–Crippen LogP) is 2.18. The number of aliphatic hydroxyl groups is 1. The summed E-state index contributed by atoms with van der Waals surface area (Å²) >= 11 is 0. The van der Waals surface area contributed by atoms with Gasteiger partial charge in [-0.1, -0.05) is 30.3 Å². The van der Waals surface area contributed by atoms with Gasteiger partial charge in [0.05, 0.1) is 0 Å². The van der Waals surface area contributed by atoms with Crippen LogP contribution in [0.2, 0.25) is 0 Å². The van der Waals surface area contributed by atoms with Crippen molar-refractivity contribution < 1.29 is 9.90 Å². The van der Waals surface area contributed by atoms with Crippen LogP contribution in [0.15, 0.2) is 42.2 Å². The summed E-state index contributed by atoms with van der Waals surface area (Å²) in [7, 11) is 0. The first-order chi connectivity index (χ1) is 6.27. The van der Waals surface area contributed by atoms with Crippen LogP contribution in [0.3, 0.4) is 0 Å². The van der Waals surface area contributed by atoms with Gasteiger partial charge in [0, 0.05) is 12.3 Å². The molecule has 1 N–H and O–H groups in total. The minimum atomic E-state index is -0.158. The van der Waals surface area contributed by atoms with Crippen LogP contribution < -0.4 is 0 Å². The van der Waals surface area contributed by atoms with Crippen molar-refractivity contribution in [2.75, 3.05) is 0 Å². The maximum atomic E-state index is 11.0. The quantitative estimate of drug-likeness (QED) is 0.708. The van der Waals surface area contributed by atoms with E-state index in [4.69, 9.17) is 5.11 Å². The van der Waals surface area contributed by atoms with Gasteiger partial charge in [0.15, 0.2) is 11.5 Å². The van der Waals surface area contributed by atoms with E-state index < -0.39 is 0 Å². The second-order valence-corrected chi connectivity index (χ2v) is 3.20. The van der Waals surface area contributed by atoms with Crippen LogP contribution in [0.1, 0.15) is 17.9 Å². The molecule has 66 valence electrons. The highest BCUT2D eigenvalue weighted by Crippen LogP contribution is 2.28. The molecule has 13 heavy (non-hydrogen) atoms. The Hall–Kier alpha value is -1.57. The van der Waals surface area contributed by atoms with Gasteiger partial charge in [-0.05, 0) is 11.6 Å². The van der Waals surface area contributed by atoms with E-state index in [9.17, 15) is 4.79 Å². The largest absolute Gasteiger partial charge is 0.505 e. The minimum absolute atomic E-state index is 0.0636. The van der Waals surface area contributed by atoms with E-state index in [0.717, 1.165) is 5.56 Å². The summed E-state index contributed by atoms with van der Waals surface area (Å²) in [6.07, 6.45) is 2.02. The number of hydrogen-bond donors (Lipinski definition) is 1. The molecule has 0 amide bonds. The molecule has 1 aliphatic carbocycles. The van der Waals surface area contributed by atoms with Crippen LogP contribution in [0, 0.1) is 0 Å². The summed E-state index contributed by atoms with van der Waals surface area (Å²) in [6.45, 7) is 0. The third kappa shape index (κ3) is 1.47. The smallest absolute Gasteiger partial charge is 0.197 e. The van der Waals surface area contributed by atoms with E-state index in [2.05, 4.69) is 0 Å². The lowest BCUT2D eigenvalue weighted by Crippen LogP contribution is -1.96. The lowest BCUT2D eigenvalue weighted by Gasteiger charge is -2.04. The van der Waals surface area contributed by atoms with Gasteiger partial charge in [-0.2, -0.15) is 0 Å². The Morgan fingerprint density at radius 2 is 1.92 bits per heavy atom. The topological polar surface area (TPSA) is 37.3 Å². The second kappa shape index (κ2) is 3.05. The van der Waals surface area contributed by atoms with E-state index in [1.54, 1.807) is 6.08 Å². The molecule has 0 bridgehead atoms. The zero-order valence-corrected chi connectivity index (χ0v) is 7.10. The molecule has 1 aromatic rings. The first kappa shape index (κ1) is 8.05. The molecule has 1 atom stereocenters. The van der Waals surface area contributed by atoms with Gasteiger partial charge < -0.3 is 5.11 Å². The van der Waals surface area contributed by atoms with E-state index >= 15 is 0 Å². The van der Waals surface area contributed by atoms with Crippen LogP contribution in [0.5, 0.6) is 0 Å². The molecule has 0 spiro atoms. The molecule has 1 aliphatic rings. The Morgan fingerprint density at radius 3 is 2.46 bits per heavy atom. The Bertz CT molecular complexity index is 352. The number of carbonyl (C=O) groups excluding carboxylic acids is 1. The van der Waals surface area contributed by atoms with Crippen molar-refractivity contribution in [3.63, 3.8) is 0 Å². The third-order valence-electron chi connectivity index (χ3n) is 2.28. The Balaban J connectivity index is 2.27. The Labute approximate surface area is 76.5 Å². The van der Waals surface area contributed by atoms with E-state index in [0.29, 0.717) is 6.42 Å². The molecular weight excluding hydrogens is 164 g/mol. The van der Waals surface area contributed by atoms with Gasteiger partial charge >= 0.3 is 0 Å². The molecule has 2 nitrogen and oxygen atoms in total. The molecule has 1 unspecified atom stereocenters. The lowest BCUT2D eigenvalue weighted by atomic mass is 9.99. The minimum Gasteiger partial charge on any atom is -0.505 e. The summed E-state index contributed by atoms with van der Waals surface area (Å²) in [6, 6.07) is 9.73. The molecule has 0 saturated carbocycles. The van der Waals surface area contributed by atoms with Gasteiger partial charge in [0.2, 0.25) is 0 Å². The standard InChI is InChI=1S/C11H10O2/c12-10-6-9(7-11(10)13)8-4-2-1-3-5-8/h1-6,9,12H,7H2. The fourth-order valence-corrected chi connectivity index (χ4v) is 1.56. The van der Waals surface area contributed by atoms with E-state index in [1.165, 1.54) is 0 Å². The summed E-state index contributed by atoms with van der Waals surface area (Å²) in [5.74, 6) is -0.184. The fourth-order valence-electron chi connectivity index (χ4n) is 1.56. The Kier molecular flexibility index (Phi) is 1.89. The van der Waals surface area contributed by atoms with Crippen LogP contribution in [0.4, 0.5) is 0 Å². The molecule has 2 rings (SSSR count). The van der Waals surface area contributed by atoms with E-state index in [1.807, 2.05) is 30.3 Å². The highest BCUT2D eigenvalue weighted by molar-refractivity contribution is 5.96. The number of rotatable bonds is 1. The van der Waals surface area contributed by atoms with Crippen molar-refractivity contribution >= 4 is 5.78 Å². The van der Waals surface area contributed by atoms with Crippen molar-refractivity contribution in [3.8, 4) is 0 Å². The zero-order valence-electron chi connectivity index (χ0n) is 7.10. The molecule has 0 radical (unpaired) electrons. The summed E-state index contributed by atoms with van der Waals surface area (Å²) in [5.41, 5.74) is 1.08. The highest BCUT2D eigenvalue weighted by atomic mass is 16.3. The van der Waals surface area contributed by atoms with Gasteiger partial charge in [0.1, 0.15) is 0 Å². The molecule has 0 saturated heterocycles. The SMILES string of the molecule is O=C1CC(c2ccccc2)C=C1O. The molecule has 0 aliphatic heterocycles. The second-order valence-electron chi connectivity index (χ2n) is 3.20. The number of Topliss-reactive ketones (excluding diaryl/α,β-unsaturated/α-hetero) is 1. The van der Waals surface area contributed by atoms with Crippen molar-refractivity contribution in [2.24, 2.45) is 0 Å². The number of carbonyl (C=O) groups is 1. The summed E-state index contributed by atoms with van der Waals surface area (Å²) < 4.78 is 0. The molecule has 0 fully saturated rings. The maximum absolute atomic E-state index is 11.0. The predicted molar refractivity (Wildman–Crippen MR) is 49.5 cm³/mol. The van der Waals surface area contributed by atoms with Gasteiger partial charge in [-0.3, -0.25) is 4.79 Å². The van der Waals surface area contributed by atoms with Crippen LogP contribution in [-0.4, -0.2) is 10.9 Å². The molecular formula is C11H10O2. The van der Waals surface area contributed by atoms with Crippen LogP contribution in [0.25, 0.3) is 0 Å². The Morgan fingerprint density at radius 1 is 1.23 bits per heavy atom. The first-order valence-electron chi connectivity index (χ1n) is 4.26. The van der Waals surface area contributed by atoms with Crippen LogP contribution in [-0.2, 0) is 4.79 Å².